The monoisotopic (exact) mass is 563 g/mol. The first-order valence-corrected chi connectivity index (χ1v) is 15.2. The van der Waals surface area contributed by atoms with Crippen LogP contribution in [0.15, 0.2) is 97.1 Å². The van der Waals surface area contributed by atoms with E-state index in [1.165, 1.54) is 17.1 Å². The summed E-state index contributed by atoms with van der Waals surface area (Å²) in [6.07, 6.45) is 6.60. The Bertz CT molecular complexity index is 1040. The van der Waals surface area contributed by atoms with Crippen LogP contribution in [0.3, 0.4) is 0 Å². The summed E-state index contributed by atoms with van der Waals surface area (Å²) < 4.78 is 17.0. The van der Waals surface area contributed by atoms with Crippen LogP contribution in [0.2, 0.25) is 0 Å². The number of anilines is 1. The lowest BCUT2D eigenvalue weighted by Gasteiger charge is -2.11. The van der Waals surface area contributed by atoms with Gasteiger partial charge in [0.1, 0.15) is 17.8 Å². The summed E-state index contributed by atoms with van der Waals surface area (Å²) in [4.78, 5) is 10.0. The summed E-state index contributed by atoms with van der Waals surface area (Å²) in [5.41, 5.74) is 3.17. The molecule has 1 aliphatic rings. The van der Waals surface area contributed by atoms with E-state index in [-0.39, 0.29) is 0 Å². The van der Waals surface area contributed by atoms with Gasteiger partial charge in [0, 0.05) is 24.7 Å². The van der Waals surface area contributed by atoms with Gasteiger partial charge in [-0.15, -0.1) is 0 Å². The van der Waals surface area contributed by atoms with Crippen molar-refractivity contribution in [3.05, 3.63) is 103 Å². The van der Waals surface area contributed by atoms with Crippen molar-refractivity contribution in [2.45, 2.75) is 45.1 Å². The van der Waals surface area contributed by atoms with Crippen LogP contribution >= 0.6 is 11.8 Å². The van der Waals surface area contributed by atoms with Crippen molar-refractivity contribution in [2.24, 2.45) is 0 Å². The predicted octanol–water partition coefficient (Wildman–Crippen LogP) is 8.33. The van der Waals surface area contributed by atoms with Gasteiger partial charge < -0.3 is 19.5 Å². The van der Waals surface area contributed by atoms with Gasteiger partial charge >= 0.3 is 0 Å². The topological polar surface area (TPSA) is 56.8 Å². The molecule has 0 saturated heterocycles. The number of carbonyl (C=O) groups excluding carboxylic acids is 1. The Morgan fingerprint density at radius 1 is 0.875 bits per heavy atom. The molecule has 0 heterocycles. The maximum Gasteiger partial charge on any atom is 0.150 e. The van der Waals surface area contributed by atoms with Crippen LogP contribution < -0.4 is 14.8 Å². The van der Waals surface area contributed by atoms with Crippen molar-refractivity contribution in [1.82, 2.24) is 0 Å². The first-order valence-electron chi connectivity index (χ1n) is 14.1. The van der Waals surface area contributed by atoms with Crippen LogP contribution in [-0.2, 0) is 4.74 Å². The fourth-order valence-corrected chi connectivity index (χ4v) is 4.40. The van der Waals surface area contributed by atoms with E-state index >= 15 is 0 Å². The number of para-hydroxylation sites is 1. The van der Waals surface area contributed by atoms with E-state index in [9.17, 15) is 4.79 Å². The van der Waals surface area contributed by atoms with Crippen LogP contribution in [0.5, 0.6) is 11.5 Å². The molecule has 4 rings (SSSR count). The number of benzene rings is 3. The van der Waals surface area contributed by atoms with E-state index < -0.39 is 0 Å². The molecule has 0 aliphatic heterocycles. The minimum atomic E-state index is 0.402. The smallest absolute Gasteiger partial charge is 0.150 e. The fourth-order valence-electron chi connectivity index (χ4n) is 3.79. The molecule has 1 saturated carbocycles. The lowest BCUT2D eigenvalue weighted by molar-refractivity contribution is 0.0523. The summed E-state index contributed by atoms with van der Waals surface area (Å²) in [5.74, 6) is 4.26. The molecule has 0 bridgehead atoms. The molecule has 0 radical (unpaired) electrons. The van der Waals surface area contributed by atoms with Crippen LogP contribution in [0, 0.1) is 0 Å². The lowest BCUT2D eigenvalue weighted by Crippen LogP contribution is -2.11. The zero-order valence-electron chi connectivity index (χ0n) is 24.1. The number of ether oxygens (including phenoxy) is 3. The molecule has 216 valence electrons. The summed E-state index contributed by atoms with van der Waals surface area (Å²) in [5, 5.41) is 3.08. The molecular formula is C34H45NO4S. The molecule has 5 nitrogen and oxygen atoms in total. The zero-order chi connectivity index (χ0) is 28.7. The molecule has 1 aliphatic carbocycles. The third-order valence-electron chi connectivity index (χ3n) is 5.97. The molecule has 1 atom stereocenters. The van der Waals surface area contributed by atoms with E-state index in [0.717, 1.165) is 81.0 Å². The number of aldehydes is 1. The summed E-state index contributed by atoms with van der Waals surface area (Å²) in [6, 6.07) is 27.0. The first kappa shape index (κ1) is 33.0. The van der Waals surface area contributed by atoms with Crippen molar-refractivity contribution in [3.63, 3.8) is 0 Å². The third kappa shape index (κ3) is 15.4. The molecule has 0 spiro atoms. The standard InChI is InChI=1S/C15H20O2.C12H19NOS.C7H6O/c1-13-8-9-15(12-13)17-11-5-10-16-14-6-3-2-4-7-14;1-3-15-10-4-9-14-12-7-5-11(13-2)6-8-12;8-6-7-4-2-1-3-5-7/h2-4,6-7,15H,1,5,8-12H2;5-8,13H,3-4,9-10H2,1-2H3;1-6H. The molecule has 3 aromatic rings. The number of hydrogen-bond donors (Lipinski definition) is 1. The SMILES string of the molecule is C=C1CCC(OCCCOc2ccccc2)C1.CCSCCCOc1ccc(NC)cc1.O=Cc1ccccc1. The number of hydrogen-bond acceptors (Lipinski definition) is 6. The van der Waals surface area contributed by atoms with Gasteiger partial charge in [-0.2, -0.15) is 11.8 Å². The van der Waals surface area contributed by atoms with Crippen LogP contribution in [-0.4, -0.2) is 50.8 Å². The van der Waals surface area contributed by atoms with Crippen LogP contribution in [0.1, 0.15) is 49.4 Å². The minimum Gasteiger partial charge on any atom is -0.494 e. The predicted molar refractivity (Wildman–Crippen MR) is 170 cm³/mol. The van der Waals surface area contributed by atoms with Gasteiger partial charge in [0.05, 0.1) is 25.9 Å². The fraction of sp³-hybridized carbons (Fsp3) is 0.382. The molecule has 1 unspecified atom stereocenters. The van der Waals surface area contributed by atoms with Crippen LogP contribution in [0.4, 0.5) is 5.69 Å². The third-order valence-corrected chi connectivity index (χ3v) is 6.96. The van der Waals surface area contributed by atoms with Crippen molar-refractivity contribution >= 4 is 23.7 Å². The number of carbonyl (C=O) groups is 1. The molecule has 6 heteroatoms. The molecule has 3 aromatic carbocycles. The van der Waals surface area contributed by atoms with E-state index in [1.807, 2.05) is 91.6 Å². The largest absolute Gasteiger partial charge is 0.494 e. The Hall–Kier alpha value is -3.22. The van der Waals surface area contributed by atoms with Gasteiger partial charge in [-0.05, 0) is 73.6 Å². The van der Waals surface area contributed by atoms with Gasteiger partial charge in [-0.1, -0.05) is 67.6 Å². The van der Waals surface area contributed by atoms with Crippen LogP contribution in [0.25, 0.3) is 0 Å². The highest BCUT2D eigenvalue weighted by molar-refractivity contribution is 7.99. The van der Waals surface area contributed by atoms with Gasteiger partial charge in [-0.25, -0.2) is 0 Å². The average molecular weight is 564 g/mol. The molecule has 0 amide bonds. The number of thioether (sulfide) groups is 1. The maximum atomic E-state index is 10.0. The molecule has 40 heavy (non-hydrogen) atoms. The number of nitrogens with one attached hydrogen (secondary N) is 1. The Balaban J connectivity index is 0.000000223. The molecule has 1 N–H and O–H groups in total. The highest BCUT2D eigenvalue weighted by Crippen LogP contribution is 2.25. The van der Waals surface area contributed by atoms with E-state index in [0.29, 0.717) is 6.10 Å². The highest BCUT2D eigenvalue weighted by atomic mass is 32.2. The van der Waals surface area contributed by atoms with E-state index in [2.05, 4.69) is 18.8 Å². The lowest BCUT2D eigenvalue weighted by atomic mass is 10.2. The summed E-state index contributed by atoms with van der Waals surface area (Å²) in [6.45, 7) is 8.48. The second-order valence-electron chi connectivity index (χ2n) is 9.20. The Kier molecular flexibility index (Phi) is 17.8. The van der Waals surface area contributed by atoms with E-state index in [4.69, 9.17) is 14.2 Å². The van der Waals surface area contributed by atoms with Crippen molar-refractivity contribution < 1.29 is 19.0 Å². The number of rotatable bonds is 14. The summed E-state index contributed by atoms with van der Waals surface area (Å²) >= 11 is 1.96. The van der Waals surface area contributed by atoms with Gasteiger partial charge in [0.25, 0.3) is 0 Å². The van der Waals surface area contributed by atoms with Crippen molar-refractivity contribution in [2.75, 3.05) is 43.7 Å². The molecule has 1 fully saturated rings. The Morgan fingerprint density at radius 3 is 2.05 bits per heavy atom. The average Bonchev–Trinajstić information content (AvgIpc) is 3.43. The van der Waals surface area contributed by atoms with Gasteiger partial charge in [0.15, 0.2) is 0 Å². The quantitative estimate of drug-likeness (QED) is 0.121. The second kappa shape index (κ2) is 21.6. The Labute approximate surface area is 245 Å². The van der Waals surface area contributed by atoms with Crippen molar-refractivity contribution in [1.29, 1.82) is 0 Å². The normalized spacial score (nSPS) is 13.8. The highest BCUT2D eigenvalue weighted by Gasteiger charge is 2.17. The van der Waals surface area contributed by atoms with Crippen molar-refractivity contribution in [3.8, 4) is 11.5 Å². The second-order valence-corrected chi connectivity index (χ2v) is 10.6. The maximum absolute atomic E-state index is 10.0. The molecular weight excluding hydrogens is 518 g/mol. The summed E-state index contributed by atoms with van der Waals surface area (Å²) in [7, 11) is 1.91. The first-order chi connectivity index (χ1) is 19.6. The van der Waals surface area contributed by atoms with Gasteiger partial charge in [-0.3, -0.25) is 4.79 Å². The van der Waals surface area contributed by atoms with E-state index in [1.54, 1.807) is 12.1 Å². The molecule has 0 aromatic heterocycles. The zero-order valence-corrected chi connectivity index (χ0v) is 24.9. The Morgan fingerprint density at radius 2 is 1.50 bits per heavy atom. The van der Waals surface area contributed by atoms with Gasteiger partial charge in [0.2, 0.25) is 0 Å². The minimum absolute atomic E-state index is 0.402.